The summed E-state index contributed by atoms with van der Waals surface area (Å²) < 4.78 is 0. The van der Waals surface area contributed by atoms with Crippen LogP contribution in [-0.2, 0) is 0 Å². The minimum absolute atomic E-state index is 0.0124. The van der Waals surface area contributed by atoms with Crippen LogP contribution in [0.2, 0.25) is 0 Å². The zero-order chi connectivity index (χ0) is 11.4. The fraction of sp³-hybridized carbons (Fsp3) is 0.615. The number of piperidine rings is 1. The van der Waals surface area contributed by atoms with Crippen LogP contribution in [0, 0.1) is 0 Å². The molecule has 0 unspecified atom stereocenters. The van der Waals surface area contributed by atoms with E-state index in [0.29, 0.717) is 6.04 Å². The molecule has 16 heavy (non-hydrogen) atoms. The van der Waals surface area contributed by atoms with Gasteiger partial charge in [0.2, 0.25) is 5.56 Å². The first-order chi connectivity index (χ1) is 7.81. The lowest BCUT2D eigenvalue weighted by molar-refractivity contribution is 0.149. The summed E-state index contributed by atoms with van der Waals surface area (Å²) in [6.07, 6.45) is 6.89. The molecule has 2 heterocycles. The van der Waals surface area contributed by atoms with Crippen molar-refractivity contribution in [2.24, 2.45) is 0 Å². The summed E-state index contributed by atoms with van der Waals surface area (Å²) >= 11 is 0. The molecule has 3 nitrogen and oxygen atoms in total. The standard InChI is InChI=1S/C13H20N2O/c1-2-8-15-9-4-3-5-12(15)11-6-7-13(16)14-10-11/h6-7,10,12H,2-5,8-9H2,1H3,(H,14,16)/t12-/m0/s1. The minimum atomic E-state index is -0.0124. The van der Waals surface area contributed by atoms with Gasteiger partial charge in [0.1, 0.15) is 0 Å². The SMILES string of the molecule is CCCN1CCCC[C@H]1c1ccc(=O)[nH]c1. The zero-order valence-electron chi connectivity index (χ0n) is 9.91. The Balaban J connectivity index is 2.16. The van der Waals surface area contributed by atoms with Crippen LogP contribution in [0.3, 0.4) is 0 Å². The van der Waals surface area contributed by atoms with Crippen molar-refractivity contribution in [1.29, 1.82) is 0 Å². The predicted molar refractivity (Wildman–Crippen MR) is 65.5 cm³/mol. The van der Waals surface area contributed by atoms with Gasteiger partial charge in [-0.2, -0.15) is 0 Å². The molecule has 1 fully saturated rings. The number of pyridine rings is 1. The normalized spacial score (nSPS) is 22.2. The monoisotopic (exact) mass is 220 g/mol. The van der Waals surface area contributed by atoms with E-state index in [-0.39, 0.29) is 5.56 Å². The van der Waals surface area contributed by atoms with Gasteiger partial charge < -0.3 is 4.98 Å². The highest BCUT2D eigenvalue weighted by Gasteiger charge is 2.22. The number of nitrogens with one attached hydrogen (secondary N) is 1. The molecule has 1 atom stereocenters. The van der Waals surface area contributed by atoms with Gasteiger partial charge in [0, 0.05) is 18.3 Å². The Morgan fingerprint density at radius 2 is 2.31 bits per heavy atom. The molecule has 1 aliphatic heterocycles. The molecule has 1 aromatic rings. The Kier molecular flexibility index (Phi) is 3.78. The number of nitrogens with zero attached hydrogens (tertiary/aromatic N) is 1. The third kappa shape index (κ3) is 2.53. The molecule has 1 aromatic heterocycles. The average molecular weight is 220 g/mol. The van der Waals surface area contributed by atoms with Crippen molar-refractivity contribution in [3.8, 4) is 0 Å². The maximum absolute atomic E-state index is 11.0. The molecular formula is C13H20N2O. The number of likely N-dealkylation sites (tertiary alicyclic amines) is 1. The van der Waals surface area contributed by atoms with E-state index in [1.807, 2.05) is 12.3 Å². The van der Waals surface area contributed by atoms with Gasteiger partial charge in [0.25, 0.3) is 0 Å². The Morgan fingerprint density at radius 1 is 1.44 bits per heavy atom. The summed E-state index contributed by atoms with van der Waals surface area (Å²) in [4.78, 5) is 16.4. The first kappa shape index (κ1) is 11.4. The van der Waals surface area contributed by atoms with Gasteiger partial charge in [-0.25, -0.2) is 0 Å². The second kappa shape index (κ2) is 5.30. The summed E-state index contributed by atoms with van der Waals surface area (Å²) in [6.45, 7) is 4.57. The Morgan fingerprint density at radius 3 is 3.00 bits per heavy atom. The van der Waals surface area contributed by atoms with Gasteiger partial charge in [-0.15, -0.1) is 0 Å². The van der Waals surface area contributed by atoms with Crippen LogP contribution in [0.15, 0.2) is 23.1 Å². The Labute approximate surface area is 96.5 Å². The molecule has 0 bridgehead atoms. The fourth-order valence-electron chi connectivity index (χ4n) is 2.55. The lowest BCUT2D eigenvalue weighted by Crippen LogP contribution is -2.34. The fourth-order valence-corrected chi connectivity index (χ4v) is 2.55. The molecule has 0 aromatic carbocycles. The molecule has 1 aliphatic rings. The molecule has 0 radical (unpaired) electrons. The maximum Gasteiger partial charge on any atom is 0.247 e. The lowest BCUT2D eigenvalue weighted by Gasteiger charge is -2.35. The third-order valence-corrected chi connectivity index (χ3v) is 3.32. The topological polar surface area (TPSA) is 36.1 Å². The molecule has 1 saturated heterocycles. The highest BCUT2D eigenvalue weighted by molar-refractivity contribution is 5.14. The van der Waals surface area contributed by atoms with Crippen LogP contribution in [0.4, 0.5) is 0 Å². The summed E-state index contributed by atoms with van der Waals surface area (Å²) in [7, 11) is 0. The van der Waals surface area contributed by atoms with Crippen molar-refractivity contribution in [2.75, 3.05) is 13.1 Å². The molecule has 1 N–H and O–H groups in total. The van der Waals surface area contributed by atoms with E-state index >= 15 is 0 Å². The highest BCUT2D eigenvalue weighted by atomic mass is 16.1. The Bertz CT molecular complexity index is 363. The van der Waals surface area contributed by atoms with Gasteiger partial charge in [-0.1, -0.05) is 19.4 Å². The smallest absolute Gasteiger partial charge is 0.247 e. The number of aromatic nitrogens is 1. The van der Waals surface area contributed by atoms with Gasteiger partial charge in [0.05, 0.1) is 0 Å². The molecule has 0 aliphatic carbocycles. The lowest BCUT2D eigenvalue weighted by atomic mass is 9.96. The number of aromatic amines is 1. The van der Waals surface area contributed by atoms with Crippen molar-refractivity contribution in [3.63, 3.8) is 0 Å². The van der Waals surface area contributed by atoms with Crippen LogP contribution in [0.5, 0.6) is 0 Å². The van der Waals surface area contributed by atoms with Crippen LogP contribution in [-0.4, -0.2) is 23.0 Å². The van der Waals surface area contributed by atoms with Gasteiger partial charge in [0.15, 0.2) is 0 Å². The maximum atomic E-state index is 11.0. The first-order valence-corrected chi connectivity index (χ1v) is 6.24. The van der Waals surface area contributed by atoms with Crippen LogP contribution < -0.4 is 5.56 Å². The quantitative estimate of drug-likeness (QED) is 0.848. The van der Waals surface area contributed by atoms with Gasteiger partial charge >= 0.3 is 0 Å². The first-order valence-electron chi connectivity index (χ1n) is 6.24. The minimum Gasteiger partial charge on any atom is -0.329 e. The van der Waals surface area contributed by atoms with Crippen molar-refractivity contribution in [1.82, 2.24) is 9.88 Å². The van der Waals surface area contributed by atoms with E-state index in [0.717, 1.165) is 6.54 Å². The van der Waals surface area contributed by atoms with E-state index < -0.39 is 0 Å². The van der Waals surface area contributed by atoms with E-state index in [4.69, 9.17) is 0 Å². The van der Waals surface area contributed by atoms with Gasteiger partial charge in [-0.05, 0) is 37.9 Å². The van der Waals surface area contributed by atoms with E-state index in [9.17, 15) is 4.79 Å². The van der Waals surface area contributed by atoms with Crippen LogP contribution in [0.1, 0.15) is 44.2 Å². The van der Waals surface area contributed by atoms with E-state index in [1.54, 1.807) is 6.07 Å². The second-order valence-corrected chi connectivity index (χ2v) is 4.53. The zero-order valence-corrected chi connectivity index (χ0v) is 9.91. The summed E-state index contributed by atoms with van der Waals surface area (Å²) in [5.74, 6) is 0. The molecular weight excluding hydrogens is 200 g/mol. The molecule has 0 spiro atoms. The van der Waals surface area contributed by atoms with Crippen molar-refractivity contribution in [2.45, 2.75) is 38.6 Å². The van der Waals surface area contributed by atoms with E-state index in [1.165, 1.54) is 37.8 Å². The third-order valence-electron chi connectivity index (χ3n) is 3.32. The van der Waals surface area contributed by atoms with Crippen molar-refractivity contribution < 1.29 is 0 Å². The van der Waals surface area contributed by atoms with Gasteiger partial charge in [-0.3, -0.25) is 9.69 Å². The summed E-state index contributed by atoms with van der Waals surface area (Å²) in [6, 6.07) is 4.11. The largest absolute Gasteiger partial charge is 0.329 e. The highest BCUT2D eigenvalue weighted by Crippen LogP contribution is 2.29. The average Bonchev–Trinajstić information content (AvgIpc) is 2.32. The van der Waals surface area contributed by atoms with Crippen LogP contribution in [0.25, 0.3) is 0 Å². The molecule has 0 saturated carbocycles. The summed E-state index contributed by atoms with van der Waals surface area (Å²) in [5.41, 5.74) is 1.24. The number of hydrogen-bond acceptors (Lipinski definition) is 2. The summed E-state index contributed by atoms with van der Waals surface area (Å²) in [5, 5.41) is 0. The Hall–Kier alpha value is -1.09. The van der Waals surface area contributed by atoms with Crippen molar-refractivity contribution in [3.05, 3.63) is 34.2 Å². The molecule has 2 rings (SSSR count). The van der Waals surface area contributed by atoms with Crippen LogP contribution >= 0.6 is 0 Å². The van der Waals surface area contributed by atoms with Crippen molar-refractivity contribution >= 4 is 0 Å². The number of rotatable bonds is 3. The molecule has 0 amide bonds. The number of H-pyrrole nitrogens is 1. The molecule has 88 valence electrons. The number of hydrogen-bond donors (Lipinski definition) is 1. The van der Waals surface area contributed by atoms with E-state index in [2.05, 4.69) is 16.8 Å². The molecule has 3 heteroatoms. The predicted octanol–water partition coefficient (Wildman–Crippen LogP) is 2.31. The second-order valence-electron chi connectivity index (χ2n) is 4.53.